The summed E-state index contributed by atoms with van der Waals surface area (Å²) < 4.78 is 10.4. The molecule has 0 heterocycles. The molecular formula is C16H20ClNO4. The second kappa shape index (κ2) is 8.03. The summed E-state index contributed by atoms with van der Waals surface area (Å²) in [5.41, 5.74) is 0. The van der Waals surface area contributed by atoms with Crippen LogP contribution >= 0.6 is 11.6 Å². The number of amides is 1. The van der Waals surface area contributed by atoms with E-state index in [4.69, 9.17) is 21.1 Å². The fraction of sp³-hybridized carbons (Fsp3) is 0.500. The number of hydrogen-bond acceptors (Lipinski definition) is 4. The molecule has 0 aromatic heterocycles. The van der Waals surface area contributed by atoms with Crippen molar-refractivity contribution >= 4 is 23.5 Å². The van der Waals surface area contributed by atoms with Gasteiger partial charge in [0.2, 0.25) is 0 Å². The Balaban J connectivity index is 1.71. The van der Waals surface area contributed by atoms with Crippen molar-refractivity contribution in [3.05, 3.63) is 29.3 Å². The zero-order chi connectivity index (χ0) is 15.9. The number of hydrogen-bond donors (Lipinski definition) is 1. The van der Waals surface area contributed by atoms with Crippen molar-refractivity contribution < 1.29 is 19.1 Å². The first kappa shape index (κ1) is 16.6. The second-order valence-electron chi connectivity index (χ2n) is 5.37. The zero-order valence-electron chi connectivity index (χ0n) is 12.5. The number of ether oxygens (including phenoxy) is 2. The zero-order valence-corrected chi connectivity index (χ0v) is 13.3. The molecule has 0 bridgehead atoms. The molecule has 1 atom stereocenters. The van der Waals surface area contributed by atoms with Gasteiger partial charge in [0.05, 0.1) is 0 Å². The molecular weight excluding hydrogens is 306 g/mol. The third-order valence-electron chi connectivity index (χ3n) is 3.52. The number of nitrogens with one attached hydrogen (secondary N) is 1. The van der Waals surface area contributed by atoms with E-state index in [-0.39, 0.29) is 18.6 Å². The van der Waals surface area contributed by atoms with Gasteiger partial charge in [-0.15, -0.1) is 0 Å². The lowest BCUT2D eigenvalue weighted by atomic mass is 10.2. The van der Waals surface area contributed by atoms with Crippen LogP contribution in [0, 0.1) is 0 Å². The van der Waals surface area contributed by atoms with Crippen LogP contribution in [0.3, 0.4) is 0 Å². The van der Waals surface area contributed by atoms with Crippen LogP contribution in [0.25, 0.3) is 0 Å². The van der Waals surface area contributed by atoms with Gasteiger partial charge in [-0.25, -0.2) is 4.79 Å². The normalized spacial score (nSPS) is 16.1. The maximum atomic E-state index is 11.8. The van der Waals surface area contributed by atoms with Crippen LogP contribution < -0.4 is 10.1 Å². The Bertz CT molecular complexity index is 511. The quantitative estimate of drug-likeness (QED) is 0.817. The van der Waals surface area contributed by atoms with Crippen molar-refractivity contribution in [2.75, 3.05) is 6.61 Å². The Morgan fingerprint density at radius 2 is 1.91 bits per heavy atom. The summed E-state index contributed by atoms with van der Waals surface area (Å²) in [5.74, 6) is -0.320. The van der Waals surface area contributed by atoms with Crippen LogP contribution in [-0.2, 0) is 14.3 Å². The molecule has 0 unspecified atom stereocenters. The van der Waals surface area contributed by atoms with E-state index in [1.165, 1.54) is 0 Å². The van der Waals surface area contributed by atoms with Gasteiger partial charge in [0.1, 0.15) is 5.75 Å². The topological polar surface area (TPSA) is 64.6 Å². The van der Waals surface area contributed by atoms with Gasteiger partial charge in [-0.1, -0.05) is 24.4 Å². The molecule has 6 heteroatoms. The van der Waals surface area contributed by atoms with E-state index in [0.717, 1.165) is 25.7 Å². The molecule has 120 valence electrons. The summed E-state index contributed by atoms with van der Waals surface area (Å²) in [7, 11) is 0. The smallest absolute Gasteiger partial charge is 0.347 e. The summed E-state index contributed by atoms with van der Waals surface area (Å²) >= 11 is 5.77. The summed E-state index contributed by atoms with van der Waals surface area (Å²) in [6.45, 7) is 1.30. The van der Waals surface area contributed by atoms with Crippen LogP contribution in [0.2, 0.25) is 5.02 Å². The molecule has 2 rings (SSSR count). The molecule has 1 aromatic rings. The SMILES string of the molecule is C[C@H](Oc1ccc(Cl)cc1)C(=O)OCC(=O)NC1CCCC1. The molecule has 1 aliphatic rings. The minimum atomic E-state index is -0.791. The molecule has 0 saturated heterocycles. The van der Waals surface area contributed by atoms with Gasteiger partial charge in [0.25, 0.3) is 5.91 Å². The molecule has 1 amide bonds. The molecule has 5 nitrogen and oxygen atoms in total. The first-order valence-electron chi connectivity index (χ1n) is 7.43. The Labute approximate surface area is 134 Å². The van der Waals surface area contributed by atoms with Crippen LogP contribution in [0.15, 0.2) is 24.3 Å². The van der Waals surface area contributed by atoms with Crippen LogP contribution in [-0.4, -0.2) is 30.6 Å². The lowest BCUT2D eigenvalue weighted by molar-refractivity contribution is -0.154. The minimum absolute atomic E-state index is 0.217. The predicted molar refractivity (Wildman–Crippen MR) is 82.9 cm³/mol. The highest BCUT2D eigenvalue weighted by Crippen LogP contribution is 2.18. The standard InChI is InChI=1S/C16H20ClNO4/c1-11(22-14-8-6-12(17)7-9-14)16(20)21-10-15(19)18-13-4-2-3-5-13/h6-9,11,13H,2-5,10H2,1H3,(H,18,19)/t11-/m0/s1. The highest BCUT2D eigenvalue weighted by atomic mass is 35.5. The first-order valence-corrected chi connectivity index (χ1v) is 7.80. The Hall–Kier alpha value is -1.75. The Kier molecular flexibility index (Phi) is 6.07. The van der Waals surface area contributed by atoms with Crippen molar-refractivity contribution in [1.82, 2.24) is 5.32 Å². The second-order valence-corrected chi connectivity index (χ2v) is 5.81. The molecule has 1 N–H and O–H groups in total. The molecule has 22 heavy (non-hydrogen) atoms. The molecule has 1 aliphatic carbocycles. The lowest BCUT2D eigenvalue weighted by Gasteiger charge is -2.15. The van der Waals surface area contributed by atoms with Crippen molar-refractivity contribution in [3.63, 3.8) is 0 Å². The molecule has 0 spiro atoms. The largest absolute Gasteiger partial charge is 0.479 e. The van der Waals surface area contributed by atoms with Gasteiger partial charge < -0.3 is 14.8 Å². The first-order chi connectivity index (χ1) is 10.5. The van der Waals surface area contributed by atoms with E-state index in [0.29, 0.717) is 10.8 Å². The molecule has 0 aliphatic heterocycles. The summed E-state index contributed by atoms with van der Waals surface area (Å²) in [5, 5.41) is 3.45. The highest BCUT2D eigenvalue weighted by molar-refractivity contribution is 6.30. The highest BCUT2D eigenvalue weighted by Gasteiger charge is 2.20. The van der Waals surface area contributed by atoms with Crippen LogP contribution in [0.5, 0.6) is 5.75 Å². The average Bonchev–Trinajstić information content (AvgIpc) is 3.00. The van der Waals surface area contributed by atoms with Crippen LogP contribution in [0.4, 0.5) is 0 Å². The third kappa shape index (κ3) is 5.22. The molecule has 1 saturated carbocycles. The molecule has 1 aromatic carbocycles. The number of carbonyl (C=O) groups is 2. The number of esters is 1. The van der Waals surface area contributed by atoms with E-state index in [9.17, 15) is 9.59 Å². The third-order valence-corrected chi connectivity index (χ3v) is 3.78. The van der Waals surface area contributed by atoms with E-state index in [2.05, 4.69) is 5.32 Å². The van der Waals surface area contributed by atoms with Gasteiger partial charge in [-0.05, 0) is 44.0 Å². The number of carbonyl (C=O) groups excluding carboxylic acids is 2. The Morgan fingerprint density at radius 3 is 2.55 bits per heavy atom. The fourth-order valence-corrected chi connectivity index (χ4v) is 2.48. The average molecular weight is 326 g/mol. The van der Waals surface area contributed by atoms with E-state index < -0.39 is 12.1 Å². The number of rotatable bonds is 6. The van der Waals surface area contributed by atoms with Gasteiger partial charge in [0.15, 0.2) is 12.7 Å². The minimum Gasteiger partial charge on any atom is -0.479 e. The van der Waals surface area contributed by atoms with Gasteiger partial charge in [-0.3, -0.25) is 4.79 Å². The van der Waals surface area contributed by atoms with Crippen molar-refractivity contribution in [2.24, 2.45) is 0 Å². The van der Waals surface area contributed by atoms with Gasteiger partial charge in [-0.2, -0.15) is 0 Å². The van der Waals surface area contributed by atoms with Crippen molar-refractivity contribution in [1.29, 1.82) is 0 Å². The number of benzene rings is 1. The maximum absolute atomic E-state index is 11.8. The van der Waals surface area contributed by atoms with Gasteiger partial charge in [0, 0.05) is 11.1 Å². The fourth-order valence-electron chi connectivity index (χ4n) is 2.36. The van der Waals surface area contributed by atoms with Gasteiger partial charge >= 0.3 is 5.97 Å². The summed E-state index contributed by atoms with van der Waals surface area (Å²) in [6.07, 6.45) is 3.47. The van der Waals surface area contributed by atoms with Crippen LogP contribution in [0.1, 0.15) is 32.6 Å². The van der Waals surface area contributed by atoms with E-state index >= 15 is 0 Å². The lowest BCUT2D eigenvalue weighted by Crippen LogP contribution is -2.37. The number of halogens is 1. The van der Waals surface area contributed by atoms with E-state index in [1.54, 1.807) is 31.2 Å². The Morgan fingerprint density at radius 1 is 1.27 bits per heavy atom. The maximum Gasteiger partial charge on any atom is 0.347 e. The molecule has 0 radical (unpaired) electrons. The summed E-state index contributed by atoms with van der Waals surface area (Å²) in [6, 6.07) is 6.89. The van der Waals surface area contributed by atoms with Crippen molar-refractivity contribution in [3.8, 4) is 5.75 Å². The van der Waals surface area contributed by atoms with Crippen molar-refractivity contribution in [2.45, 2.75) is 44.8 Å². The summed E-state index contributed by atoms with van der Waals surface area (Å²) in [4.78, 5) is 23.5. The monoisotopic (exact) mass is 325 g/mol. The molecule has 1 fully saturated rings. The predicted octanol–water partition coefficient (Wildman–Crippen LogP) is 2.71. The van der Waals surface area contributed by atoms with E-state index in [1.807, 2.05) is 0 Å².